The molecule has 0 saturated carbocycles. The van der Waals surface area contributed by atoms with E-state index >= 15 is 0 Å². The van der Waals surface area contributed by atoms with Gasteiger partial charge in [-0.15, -0.1) is 0 Å². The highest BCUT2D eigenvalue weighted by atomic mass is 16.3. The van der Waals surface area contributed by atoms with Gasteiger partial charge in [-0.1, -0.05) is 30.3 Å². The number of hydrogen-bond acceptors (Lipinski definition) is 2. The molecule has 1 aliphatic carbocycles. The van der Waals surface area contributed by atoms with Crippen molar-refractivity contribution in [2.75, 3.05) is 0 Å². The van der Waals surface area contributed by atoms with E-state index in [-0.39, 0.29) is 11.5 Å². The number of aromatic amines is 2. The molecule has 0 unspecified atom stereocenters. The van der Waals surface area contributed by atoms with Gasteiger partial charge in [0.2, 0.25) is 0 Å². The molecule has 3 rings (SSSR count). The Bertz CT molecular complexity index is 610. The van der Waals surface area contributed by atoms with Gasteiger partial charge in [0.05, 0.1) is 5.60 Å². The molecule has 0 amide bonds. The van der Waals surface area contributed by atoms with Crippen LogP contribution in [-0.2, 0) is 6.42 Å². The zero-order chi connectivity index (χ0) is 12.8. The molecular weight excluding hydrogens is 228 g/mol. The molecule has 0 radical (unpaired) electrons. The molecule has 0 bridgehead atoms. The molecule has 4 nitrogen and oxygen atoms in total. The van der Waals surface area contributed by atoms with E-state index in [4.69, 9.17) is 0 Å². The molecule has 3 N–H and O–H groups in total. The topological polar surface area (TPSA) is 68.9 Å². The molecular formula is C14H16N2O2. The van der Waals surface area contributed by atoms with Crippen LogP contribution < -0.4 is 5.56 Å². The highest BCUT2D eigenvalue weighted by Gasteiger charge is 2.37. The molecule has 94 valence electrons. The molecule has 4 heteroatoms. The molecule has 18 heavy (non-hydrogen) atoms. The van der Waals surface area contributed by atoms with E-state index in [1.165, 1.54) is 0 Å². The number of rotatable bonds is 1. The van der Waals surface area contributed by atoms with Crippen molar-refractivity contribution in [1.82, 2.24) is 10.2 Å². The molecule has 2 aromatic rings. The normalized spacial score (nSPS) is 26.9. The minimum atomic E-state index is -0.779. The van der Waals surface area contributed by atoms with Crippen LogP contribution in [0, 0.1) is 0 Å². The standard InChI is InChI=1S/C14H16N2O2/c1-14(18)7-10(9-5-3-2-4-6-9)12-11(8-14)15-16-13(12)17/h2-6,10,18H,7-8H2,1H3,(H2,15,16,17)/t10-,14-/m0/s1. The van der Waals surface area contributed by atoms with Gasteiger partial charge in [-0.05, 0) is 18.9 Å². The Labute approximate surface area is 105 Å². The third kappa shape index (κ3) is 1.78. The number of fused-ring (bicyclic) bond motifs is 1. The van der Waals surface area contributed by atoms with Crippen LogP contribution in [0.25, 0.3) is 0 Å². The quantitative estimate of drug-likeness (QED) is 0.712. The number of aromatic nitrogens is 2. The van der Waals surface area contributed by atoms with Crippen LogP contribution >= 0.6 is 0 Å². The fourth-order valence-electron chi connectivity index (χ4n) is 2.88. The average Bonchev–Trinajstić information content (AvgIpc) is 2.69. The third-order valence-electron chi connectivity index (χ3n) is 3.65. The first kappa shape index (κ1) is 11.3. The van der Waals surface area contributed by atoms with Gasteiger partial charge in [-0.3, -0.25) is 9.89 Å². The SMILES string of the molecule is C[C@@]1(O)Cc2[nH][nH]c(=O)c2[C@H](c2ccccc2)C1. The van der Waals surface area contributed by atoms with Crippen LogP contribution in [0.5, 0.6) is 0 Å². The van der Waals surface area contributed by atoms with Gasteiger partial charge in [0.25, 0.3) is 5.56 Å². The molecule has 1 aliphatic rings. The first-order valence-electron chi connectivity index (χ1n) is 6.13. The summed E-state index contributed by atoms with van der Waals surface area (Å²) in [7, 11) is 0. The lowest BCUT2D eigenvalue weighted by atomic mass is 9.75. The van der Waals surface area contributed by atoms with Crippen LogP contribution in [0.15, 0.2) is 35.1 Å². The van der Waals surface area contributed by atoms with E-state index in [2.05, 4.69) is 10.2 Å². The highest BCUT2D eigenvalue weighted by molar-refractivity contribution is 5.37. The van der Waals surface area contributed by atoms with Crippen LogP contribution in [0.4, 0.5) is 0 Å². The largest absolute Gasteiger partial charge is 0.390 e. The highest BCUT2D eigenvalue weighted by Crippen LogP contribution is 2.38. The smallest absolute Gasteiger partial charge is 0.267 e. The van der Waals surface area contributed by atoms with E-state index in [1.54, 1.807) is 0 Å². The lowest BCUT2D eigenvalue weighted by molar-refractivity contribution is 0.0395. The van der Waals surface area contributed by atoms with Crippen molar-refractivity contribution < 1.29 is 5.11 Å². The lowest BCUT2D eigenvalue weighted by Gasteiger charge is -2.33. The van der Waals surface area contributed by atoms with Crippen LogP contribution in [-0.4, -0.2) is 20.9 Å². The molecule has 1 aromatic heterocycles. The van der Waals surface area contributed by atoms with Gasteiger partial charge in [0.15, 0.2) is 0 Å². The van der Waals surface area contributed by atoms with Gasteiger partial charge >= 0.3 is 0 Å². The Morgan fingerprint density at radius 1 is 1.28 bits per heavy atom. The maximum Gasteiger partial charge on any atom is 0.267 e. The number of hydrogen-bond donors (Lipinski definition) is 3. The van der Waals surface area contributed by atoms with E-state index in [1.807, 2.05) is 37.3 Å². The molecule has 1 aromatic carbocycles. The first-order chi connectivity index (χ1) is 8.57. The maximum absolute atomic E-state index is 11.9. The fraction of sp³-hybridized carbons (Fsp3) is 0.357. The van der Waals surface area contributed by atoms with Crippen molar-refractivity contribution in [3.05, 3.63) is 57.5 Å². The zero-order valence-electron chi connectivity index (χ0n) is 10.2. The minimum Gasteiger partial charge on any atom is -0.390 e. The van der Waals surface area contributed by atoms with E-state index < -0.39 is 5.60 Å². The van der Waals surface area contributed by atoms with Gasteiger partial charge < -0.3 is 10.2 Å². The summed E-state index contributed by atoms with van der Waals surface area (Å²) in [6, 6.07) is 9.87. The Morgan fingerprint density at radius 3 is 2.72 bits per heavy atom. The number of benzene rings is 1. The fourth-order valence-corrected chi connectivity index (χ4v) is 2.88. The monoisotopic (exact) mass is 244 g/mol. The minimum absolute atomic E-state index is 0.0417. The van der Waals surface area contributed by atoms with Crippen molar-refractivity contribution in [3.63, 3.8) is 0 Å². The Balaban J connectivity index is 2.15. The summed E-state index contributed by atoms with van der Waals surface area (Å²) < 4.78 is 0. The zero-order valence-corrected chi connectivity index (χ0v) is 10.2. The van der Waals surface area contributed by atoms with E-state index in [9.17, 15) is 9.90 Å². The summed E-state index contributed by atoms with van der Waals surface area (Å²) in [4.78, 5) is 11.9. The number of aliphatic hydroxyl groups is 1. The van der Waals surface area contributed by atoms with Gasteiger partial charge in [0, 0.05) is 23.6 Å². The second-order valence-electron chi connectivity index (χ2n) is 5.31. The van der Waals surface area contributed by atoms with Gasteiger partial charge in [-0.2, -0.15) is 0 Å². The predicted octanol–water partition coefficient (Wildman–Crippen LogP) is 1.53. The molecule has 0 fully saturated rings. The van der Waals surface area contributed by atoms with Crippen LogP contribution in [0.3, 0.4) is 0 Å². The van der Waals surface area contributed by atoms with E-state index in [0.717, 1.165) is 16.8 Å². The number of nitrogens with one attached hydrogen (secondary N) is 2. The molecule has 0 saturated heterocycles. The summed E-state index contributed by atoms with van der Waals surface area (Å²) >= 11 is 0. The second kappa shape index (κ2) is 3.85. The average molecular weight is 244 g/mol. The van der Waals surface area contributed by atoms with Crippen molar-refractivity contribution in [2.24, 2.45) is 0 Å². The van der Waals surface area contributed by atoms with Gasteiger partial charge in [0.1, 0.15) is 0 Å². The maximum atomic E-state index is 11.9. The number of H-pyrrole nitrogens is 2. The summed E-state index contributed by atoms with van der Waals surface area (Å²) in [5.41, 5.74) is 1.81. The van der Waals surface area contributed by atoms with Gasteiger partial charge in [-0.25, -0.2) is 0 Å². The predicted molar refractivity (Wildman–Crippen MR) is 68.6 cm³/mol. The molecule has 2 atom stereocenters. The second-order valence-corrected chi connectivity index (χ2v) is 5.31. The summed E-state index contributed by atoms with van der Waals surface area (Å²) in [5, 5.41) is 15.8. The summed E-state index contributed by atoms with van der Waals surface area (Å²) in [5.74, 6) is -0.0417. The van der Waals surface area contributed by atoms with Crippen LogP contribution in [0.2, 0.25) is 0 Å². The van der Waals surface area contributed by atoms with Crippen molar-refractivity contribution in [2.45, 2.75) is 31.3 Å². The lowest BCUT2D eigenvalue weighted by Crippen LogP contribution is -2.36. The Hall–Kier alpha value is -1.81. The molecule has 0 spiro atoms. The Kier molecular flexibility index (Phi) is 2.41. The van der Waals surface area contributed by atoms with E-state index in [0.29, 0.717) is 12.8 Å². The van der Waals surface area contributed by atoms with Crippen molar-refractivity contribution in [1.29, 1.82) is 0 Å². The molecule has 0 aliphatic heterocycles. The van der Waals surface area contributed by atoms with Crippen molar-refractivity contribution in [3.8, 4) is 0 Å². The molecule has 1 heterocycles. The van der Waals surface area contributed by atoms with Crippen molar-refractivity contribution >= 4 is 0 Å². The summed E-state index contributed by atoms with van der Waals surface area (Å²) in [6.07, 6.45) is 1.06. The first-order valence-corrected chi connectivity index (χ1v) is 6.13. The summed E-state index contributed by atoms with van der Waals surface area (Å²) in [6.45, 7) is 1.82. The third-order valence-corrected chi connectivity index (χ3v) is 3.65. The Morgan fingerprint density at radius 2 is 2.00 bits per heavy atom. The van der Waals surface area contributed by atoms with Crippen LogP contribution in [0.1, 0.15) is 36.1 Å².